The number of carbonyl (C=O) groups excluding carboxylic acids is 1. The summed E-state index contributed by atoms with van der Waals surface area (Å²) in [6, 6.07) is 12.0. The standard InChI is InChI=1S/C24H31N7OS/c1-4-19(32)15-18-6-8-20(9-7-18)33-24-26-21(25-22-14-17(3)28-29-22)16-23(27-24)31-12-10-30(5-2)11-13-31/h6-9,14,16H,4-5,10-13,15H2,1-3H3,(H2,25,26,27,28,29). The SMILES string of the molecule is CCC(=O)Cc1ccc(Sc2nc(Nc3cc(C)[nH]n3)cc(N3CCN(CC)CC3)n2)cc1. The molecule has 3 heterocycles. The maximum absolute atomic E-state index is 11.7. The number of likely N-dealkylation sites (N-methyl/N-ethyl adjacent to an activating group) is 1. The average Bonchev–Trinajstić information content (AvgIpc) is 3.24. The minimum Gasteiger partial charge on any atom is -0.354 e. The molecule has 9 heteroatoms. The van der Waals surface area contributed by atoms with Gasteiger partial charge < -0.3 is 15.1 Å². The Morgan fingerprint density at radius 2 is 1.82 bits per heavy atom. The highest BCUT2D eigenvalue weighted by Crippen LogP contribution is 2.29. The molecule has 0 atom stereocenters. The lowest BCUT2D eigenvalue weighted by Crippen LogP contribution is -2.46. The van der Waals surface area contributed by atoms with Gasteiger partial charge in [0.15, 0.2) is 11.0 Å². The molecule has 4 rings (SSSR count). The molecule has 0 unspecified atom stereocenters. The molecule has 0 bridgehead atoms. The van der Waals surface area contributed by atoms with Gasteiger partial charge in [-0.1, -0.05) is 26.0 Å². The van der Waals surface area contributed by atoms with E-state index in [4.69, 9.17) is 9.97 Å². The molecule has 0 aliphatic carbocycles. The maximum atomic E-state index is 11.7. The predicted octanol–water partition coefficient (Wildman–Crippen LogP) is 4.07. The second-order valence-corrected chi connectivity index (χ2v) is 9.23. The van der Waals surface area contributed by atoms with Crippen LogP contribution in [0, 0.1) is 6.92 Å². The molecule has 8 nitrogen and oxygen atoms in total. The van der Waals surface area contributed by atoms with Gasteiger partial charge in [0.25, 0.3) is 0 Å². The third-order valence-corrected chi connectivity index (χ3v) is 6.60. The number of anilines is 3. The van der Waals surface area contributed by atoms with Crippen LogP contribution >= 0.6 is 11.8 Å². The number of H-pyrrole nitrogens is 1. The van der Waals surface area contributed by atoms with Crippen molar-refractivity contribution in [2.75, 3.05) is 42.9 Å². The Bertz CT molecular complexity index is 1070. The van der Waals surface area contributed by atoms with Crippen LogP contribution in [-0.2, 0) is 11.2 Å². The first kappa shape index (κ1) is 23.3. The van der Waals surface area contributed by atoms with Crippen molar-refractivity contribution in [3.8, 4) is 0 Å². The maximum Gasteiger partial charge on any atom is 0.196 e. The number of hydrogen-bond acceptors (Lipinski definition) is 8. The minimum absolute atomic E-state index is 0.249. The molecule has 2 N–H and O–H groups in total. The van der Waals surface area contributed by atoms with Crippen LogP contribution in [0.15, 0.2) is 46.5 Å². The number of rotatable bonds is 9. The van der Waals surface area contributed by atoms with Crippen molar-refractivity contribution in [3.05, 3.63) is 47.7 Å². The molecule has 1 aliphatic heterocycles. The van der Waals surface area contributed by atoms with Crippen LogP contribution in [0.1, 0.15) is 31.5 Å². The lowest BCUT2D eigenvalue weighted by Gasteiger charge is -2.34. The van der Waals surface area contributed by atoms with E-state index in [1.54, 1.807) is 0 Å². The van der Waals surface area contributed by atoms with E-state index < -0.39 is 0 Å². The van der Waals surface area contributed by atoms with Crippen molar-refractivity contribution < 1.29 is 4.79 Å². The zero-order valence-electron chi connectivity index (χ0n) is 19.5. The lowest BCUT2D eigenvalue weighted by molar-refractivity contribution is -0.118. The van der Waals surface area contributed by atoms with E-state index in [2.05, 4.69) is 32.2 Å². The van der Waals surface area contributed by atoms with Crippen molar-refractivity contribution in [1.29, 1.82) is 0 Å². The number of hydrogen-bond donors (Lipinski definition) is 2. The Labute approximate surface area is 199 Å². The molecule has 33 heavy (non-hydrogen) atoms. The Balaban J connectivity index is 1.55. The summed E-state index contributed by atoms with van der Waals surface area (Å²) in [4.78, 5) is 27.1. The van der Waals surface area contributed by atoms with Crippen molar-refractivity contribution in [2.45, 2.75) is 43.7 Å². The lowest BCUT2D eigenvalue weighted by atomic mass is 10.1. The van der Waals surface area contributed by atoms with E-state index in [1.165, 1.54) is 11.8 Å². The number of nitrogens with zero attached hydrogens (tertiary/aromatic N) is 5. The average molecular weight is 466 g/mol. The number of benzene rings is 1. The zero-order valence-corrected chi connectivity index (χ0v) is 20.3. The number of ketones is 1. The van der Waals surface area contributed by atoms with Crippen LogP contribution in [-0.4, -0.2) is 63.6 Å². The fraction of sp³-hybridized carbons (Fsp3) is 0.417. The van der Waals surface area contributed by atoms with Gasteiger partial charge in [0.2, 0.25) is 0 Å². The Morgan fingerprint density at radius 1 is 1.06 bits per heavy atom. The van der Waals surface area contributed by atoms with Crippen molar-refractivity contribution in [1.82, 2.24) is 25.1 Å². The van der Waals surface area contributed by atoms with Crippen molar-refractivity contribution in [3.63, 3.8) is 0 Å². The van der Waals surface area contributed by atoms with Crippen molar-refractivity contribution in [2.24, 2.45) is 0 Å². The van der Waals surface area contributed by atoms with Gasteiger partial charge in [-0.3, -0.25) is 9.89 Å². The molecular formula is C24H31N7OS. The monoisotopic (exact) mass is 465 g/mol. The highest BCUT2D eigenvalue weighted by molar-refractivity contribution is 7.99. The first-order chi connectivity index (χ1) is 16.0. The van der Waals surface area contributed by atoms with Gasteiger partial charge in [-0.25, -0.2) is 9.97 Å². The fourth-order valence-electron chi connectivity index (χ4n) is 3.72. The first-order valence-corrected chi connectivity index (χ1v) is 12.3. The van der Waals surface area contributed by atoms with Gasteiger partial charge in [0, 0.05) is 61.7 Å². The summed E-state index contributed by atoms with van der Waals surface area (Å²) in [6.07, 6.45) is 1.04. The number of carbonyl (C=O) groups is 1. The molecule has 1 aromatic carbocycles. The third kappa shape index (κ3) is 6.33. The van der Waals surface area contributed by atoms with E-state index in [1.807, 2.05) is 50.2 Å². The smallest absolute Gasteiger partial charge is 0.196 e. The minimum atomic E-state index is 0.249. The summed E-state index contributed by atoms with van der Waals surface area (Å²) in [6.45, 7) is 11.1. The summed E-state index contributed by atoms with van der Waals surface area (Å²) in [7, 11) is 0. The van der Waals surface area contributed by atoms with Gasteiger partial charge in [-0.15, -0.1) is 0 Å². The van der Waals surface area contributed by atoms with Crippen LogP contribution in [0.2, 0.25) is 0 Å². The molecule has 174 valence electrons. The number of Topliss-reactive ketones (excluding diaryl/α,β-unsaturated/α-hetero) is 1. The molecule has 0 amide bonds. The summed E-state index contributed by atoms with van der Waals surface area (Å²) in [5, 5.41) is 11.2. The quantitative estimate of drug-likeness (QED) is 0.457. The first-order valence-electron chi connectivity index (χ1n) is 11.5. The Hall–Kier alpha value is -2.91. The molecule has 0 radical (unpaired) electrons. The summed E-state index contributed by atoms with van der Waals surface area (Å²) >= 11 is 1.52. The van der Waals surface area contributed by atoms with Gasteiger partial charge in [-0.05, 0) is 42.9 Å². The van der Waals surface area contributed by atoms with E-state index in [9.17, 15) is 4.79 Å². The molecule has 0 saturated carbocycles. The van der Waals surface area contributed by atoms with Gasteiger partial charge >= 0.3 is 0 Å². The van der Waals surface area contributed by atoms with Crippen LogP contribution in [0.3, 0.4) is 0 Å². The Kier molecular flexibility index (Phi) is 7.61. The molecule has 1 fully saturated rings. The second-order valence-electron chi connectivity index (χ2n) is 8.19. The van der Waals surface area contributed by atoms with E-state index in [0.29, 0.717) is 18.0 Å². The number of aromatic nitrogens is 4. The number of nitrogens with one attached hydrogen (secondary N) is 2. The van der Waals surface area contributed by atoms with E-state index in [-0.39, 0.29) is 5.78 Å². The van der Waals surface area contributed by atoms with Crippen molar-refractivity contribution >= 4 is 35.0 Å². The summed E-state index contributed by atoms with van der Waals surface area (Å²) < 4.78 is 0. The van der Waals surface area contributed by atoms with Crippen LogP contribution in [0.4, 0.5) is 17.5 Å². The molecule has 2 aromatic heterocycles. The van der Waals surface area contributed by atoms with Gasteiger partial charge in [0.1, 0.15) is 17.4 Å². The second kappa shape index (κ2) is 10.8. The fourth-order valence-corrected chi connectivity index (χ4v) is 4.49. The van der Waals surface area contributed by atoms with Crippen LogP contribution in [0.25, 0.3) is 0 Å². The van der Waals surface area contributed by atoms with Crippen LogP contribution < -0.4 is 10.2 Å². The molecule has 1 saturated heterocycles. The topological polar surface area (TPSA) is 90.0 Å². The highest BCUT2D eigenvalue weighted by Gasteiger charge is 2.19. The normalized spacial score (nSPS) is 14.5. The highest BCUT2D eigenvalue weighted by atomic mass is 32.2. The summed E-state index contributed by atoms with van der Waals surface area (Å²) in [5.74, 6) is 2.62. The van der Waals surface area contributed by atoms with E-state index >= 15 is 0 Å². The largest absolute Gasteiger partial charge is 0.354 e. The molecule has 3 aromatic rings. The molecule has 0 spiro atoms. The molecular weight excluding hydrogens is 434 g/mol. The molecule has 1 aliphatic rings. The van der Waals surface area contributed by atoms with Gasteiger partial charge in [-0.2, -0.15) is 5.10 Å². The number of aryl methyl sites for hydroxylation is 1. The summed E-state index contributed by atoms with van der Waals surface area (Å²) in [5.41, 5.74) is 2.02. The number of aromatic amines is 1. The predicted molar refractivity (Wildman–Crippen MR) is 133 cm³/mol. The van der Waals surface area contributed by atoms with Crippen LogP contribution in [0.5, 0.6) is 0 Å². The third-order valence-electron chi connectivity index (χ3n) is 5.73. The Morgan fingerprint density at radius 3 is 2.45 bits per heavy atom. The van der Waals surface area contributed by atoms with Gasteiger partial charge in [0.05, 0.1) is 0 Å². The number of piperazine rings is 1. The van der Waals surface area contributed by atoms with E-state index in [0.717, 1.165) is 66.3 Å². The zero-order chi connectivity index (χ0) is 23.2.